The number of thioether (sulfide) groups is 1. The van der Waals surface area contributed by atoms with Crippen LogP contribution in [0.4, 0.5) is 0 Å². The van der Waals surface area contributed by atoms with Gasteiger partial charge in [-0.2, -0.15) is 0 Å². The van der Waals surface area contributed by atoms with Crippen molar-refractivity contribution < 1.29 is 14.9 Å². The maximum Gasteiger partial charge on any atom is 0.228 e. The number of benzene rings is 1. The molecule has 1 aromatic carbocycles. The SMILES string of the molecule is CSC1CC(=O)N1C(Cc1ccccc1)OO. The van der Waals surface area contributed by atoms with Gasteiger partial charge in [0.1, 0.15) is 0 Å². The molecule has 1 aromatic rings. The normalized spacial score (nSPS) is 21.2. The molecule has 5 heteroatoms. The lowest BCUT2D eigenvalue weighted by Gasteiger charge is -2.43. The Morgan fingerprint density at radius 3 is 2.76 bits per heavy atom. The third kappa shape index (κ3) is 2.62. The van der Waals surface area contributed by atoms with Crippen LogP contribution in [-0.4, -0.2) is 33.9 Å². The van der Waals surface area contributed by atoms with E-state index in [0.717, 1.165) is 5.56 Å². The van der Waals surface area contributed by atoms with Crippen molar-refractivity contribution in [2.45, 2.75) is 24.4 Å². The Bertz CT molecular complexity index is 385. The van der Waals surface area contributed by atoms with E-state index in [9.17, 15) is 4.79 Å². The monoisotopic (exact) mass is 253 g/mol. The van der Waals surface area contributed by atoms with Gasteiger partial charge in [0.05, 0.1) is 11.8 Å². The van der Waals surface area contributed by atoms with E-state index in [0.29, 0.717) is 12.8 Å². The second kappa shape index (κ2) is 5.53. The molecule has 1 saturated heterocycles. The van der Waals surface area contributed by atoms with Crippen molar-refractivity contribution in [3.8, 4) is 0 Å². The van der Waals surface area contributed by atoms with E-state index in [2.05, 4.69) is 4.89 Å². The minimum atomic E-state index is -0.587. The number of hydrogen-bond acceptors (Lipinski definition) is 4. The van der Waals surface area contributed by atoms with E-state index in [4.69, 9.17) is 5.26 Å². The molecule has 1 aliphatic rings. The standard InChI is InChI=1S/C12H15NO3S/c1-17-12-8-10(14)13(12)11(16-15)7-9-5-3-2-4-6-9/h2-6,11-12,15H,7-8H2,1H3. The summed E-state index contributed by atoms with van der Waals surface area (Å²) in [6, 6.07) is 9.67. The first-order valence-corrected chi connectivity index (χ1v) is 6.73. The lowest BCUT2D eigenvalue weighted by molar-refractivity contribution is -0.314. The number of carbonyl (C=O) groups is 1. The molecule has 92 valence electrons. The molecular weight excluding hydrogens is 238 g/mol. The van der Waals surface area contributed by atoms with Crippen LogP contribution in [0.2, 0.25) is 0 Å². The Labute approximate surface area is 104 Å². The molecule has 0 spiro atoms. The number of nitrogens with zero attached hydrogens (tertiary/aromatic N) is 1. The molecule has 0 saturated carbocycles. The molecule has 2 atom stereocenters. The molecular formula is C12H15NO3S. The predicted octanol–water partition coefficient (Wildman–Crippen LogP) is 1.97. The van der Waals surface area contributed by atoms with Gasteiger partial charge in [0, 0.05) is 6.42 Å². The lowest BCUT2D eigenvalue weighted by Crippen LogP contribution is -2.57. The van der Waals surface area contributed by atoms with Gasteiger partial charge < -0.3 is 4.90 Å². The molecule has 17 heavy (non-hydrogen) atoms. The highest BCUT2D eigenvalue weighted by atomic mass is 32.2. The molecule has 1 aliphatic heterocycles. The summed E-state index contributed by atoms with van der Waals surface area (Å²) in [5.74, 6) is 0.0272. The van der Waals surface area contributed by atoms with E-state index in [1.165, 1.54) is 0 Å². The molecule has 2 unspecified atom stereocenters. The van der Waals surface area contributed by atoms with Crippen LogP contribution < -0.4 is 0 Å². The first-order chi connectivity index (χ1) is 8.26. The van der Waals surface area contributed by atoms with Crippen LogP contribution in [0.5, 0.6) is 0 Å². The smallest absolute Gasteiger partial charge is 0.228 e. The van der Waals surface area contributed by atoms with E-state index >= 15 is 0 Å². The van der Waals surface area contributed by atoms with E-state index < -0.39 is 6.23 Å². The van der Waals surface area contributed by atoms with Gasteiger partial charge in [-0.25, -0.2) is 10.1 Å². The summed E-state index contributed by atoms with van der Waals surface area (Å²) in [5, 5.41) is 9.06. The maximum atomic E-state index is 11.5. The van der Waals surface area contributed by atoms with E-state index in [-0.39, 0.29) is 11.3 Å². The van der Waals surface area contributed by atoms with Gasteiger partial charge in [-0.15, -0.1) is 11.8 Å². The van der Waals surface area contributed by atoms with Crippen LogP contribution >= 0.6 is 11.8 Å². The Kier molecular flexibility index (Phi) is 4.04. The largest absolute Gasteiger partial charge is 0.301 e. The summed E-state index contributed by atoms with van der Waals surface area (Å²) in [4.78, 5) is 17.6. The lowest BCUT2D eigenvalue weighted by atomic mass is 10.1. The molecule has 1 N–H and O–H groups in total. The van der Waals surface area contributed by atoms with Gasteiger partial charge >= 0.3 is 0 Å². The first-order valence-electron chi connectivity index (χ1n) is 5.44. The third-order valence-corrected chi connectivity index (χ3v) is 3.84. The second-order valence-electron chi connectivity index (χ2n) is 3.95. The van der Waals surface area contributed by atoms with Crippen molar-refractivity contribution in [1.82, 2.24) is 4.90 Å². The number of β-lactam (4-membered cyclic amide) rings is 1. The van der Waals surface area contributed by atoms with Crippen molar-refractivity contribution >= 4 is 17.7 Å². The first kappa shape index (κ1) is 12.4. The van der Waals surface area contributed by atoms with Gasteiger partial charge in [-0.05, 0) is 11.8 Å². The predicted molar refractivity (Wildman–Crippen MR) is 66.4 cm³/mol. The Morgan fingerprint density at radius 2 is 2.24 bits per heavy atom. The summed E-state index contributed by atoms with van der Waals surface area (Å²) in [5.41, 5.74) is 1.03. The fourth-order valence-electron chi connectivity index (χ4n) is 1.95. The molecule has 0 bridgehead atoms. The summed E-state index contributed by atoms with van der Waals surface area (Å²) >= 11 is 1.59. The van der Waals surface area contributed by atoms with Crippen LogP contribution in [0.3, 0.4) is 0 Å². The van der Waals surface area contributed by atoms with E-state index in [1.54, 1.807) is 16.7 Å². The quantitative estimate of drug-likeness (QED) is 0.495. The third-order valence-electron chi connectivity index (χ3n) is 2.90. The van der Waals surface area contributed by atoms with Gasteiger partial charge in [0.15, 0.2) is 6.23 Å². The average Bonchev–Trinajstić information content (AvgIpc) is 2.36. The van der Waals surface area contributed by atoms with Crippen LogP contribution in [0, 0.1) is 0 Å². The molecule has 1 amide bonds. The highest BCUT2D eigenvalue weighted by Crippen LogP contribution is 2.31. The second-order valence-corrected chi connectivity index (χ2v) is 4.96. The molecule has 1 heterocycles. The summed E-state index contributed by atoms with van der Waals surface area (Å²) in [6.45, 7) is 0. The number of amides is 1. The average molecular weight is 253 g/mol. The van der Waals surface area contributed by atoms with Crippen LogP contribution in [0.25, 0.3) is 0 Å². The Morgan fingerprint density at radius 1 is 1.53 bits per heavy atom. The number of rotatable bonds is 5. The van der Waals surface area contributed by atoms with Gasteiger partial charge in [-0.3, -0.25) is 4.79 Å². The van der Waals surface area contributed by atoms with Crippen molar-refractivity contribution in [2.75, 3.05) is 6.26 Å². The Hall–Kier alpha value is -1.04. The van der Waals surface area contributed by atoms with Crippen LogP contribution in [0.15, 0.2) is 30.3 Å². The topological polar surface area (TPSA) is 49.8 Å². The van der Waals surface area contributed by atoms with Gasteiger partial charge in [0.25, 0.3) is 0 Å². The summed E-state index contributed by atoms with van der Waals surface area (Å²) in [7, 11) is 0. The zero-order valence-corrected chi connectivity index (χ0v) is 10.4. The fraction of sp³-hybridized carbons (Fsp3) is 0.417. The summed E-state index contributed by atoms with van der Waals surface area (Å²) < 4.78 is 0. The minimum Gasteiger partial charge on any atom is -0.301 e. The van der Waals surface area contributed by atoms with Gasteiger partial charge in [-0.1, -0.05) is 30.3 Å². The fourth-order valence-corrected chi connectivity index (χ4v) is 2.74. The highest BCUT2D eigenvalue weighted by molar-refractivity contribution is 7.99. The molecule has 4 nitrogen and oxygen atoms in total. The van der Waals surface area contributed by atoms with Gasteiger partial charge in [0.2, 0.25) is 5.91 Å². The molecule has 1 fully saturated rings. The van der Waals surface area contributed by atoms with Crippen molar-refractivity contribution in [3.63, 3.8) is 0 Å². The van der Waals surface area contributed by atoms with Crippen LogP contribution in [0.1, 0.15) is 12.0 Å². The number of carbonyl (C=O) groups excluding carboxylic acids is 1. The molecule has 0 aromatic heterocycles. The highest BCUT2D eigenvalue weighted by Gasteiger charge is 2.41. The molecule has 0 radical (unpaired) electrons. The van der Waals surface area contributed by atoms with Crippen molar-refractivity contribution in [2.24, 2.45) is 0 Å². The van der Waals surface area contributed by atoms with E-state index in [1.807, 2.05) is 36.6 Å². The number of likely N-dealkylation sites (tertiary alicyclic amines) is 1. The molecule has 2 rings (SSSR count). The zero-order chi connectivity index (χ0) is 12.3. The Balaban J connectivity index is 2.04. The summed E-state index contributed by atoms with van der Waals surface area (Å²) in [6.07, 6.45) is 2.38. The van der Waals surface area contributed by atoms with Crippen LogP contribution in [-0.2, 0) is 16.1 Å². The van der Waals surface area contributed by atoms with Crippen molar-refractivity contribution in [3.05, 3.63) is 35.9 Å². The number of hydrogen-bond donors (Lipinski definition) is 1. The molecule has 0 aliphatic carbocycles. The zero-order valence-electron chi connectivity index (χ0n) is 9.57. The van der Waals surface area contributed by atoms with Crippen molar-refractivity contribution in [1.29, 1.82) is 0 Å². The minimum absolute atomic E-state index is 0.0272. The maximum absolute atomic E-state index is 11.5.